The molecule has 0 heterocycles. The van der Waals surface area contributed by atoms with Gasteiger partial charge < -0.3 is 5.73 Å². The molecule has 0 radical (unpaired) electrons. The Bertz CT molecular complexity index is 404. The third-order valence-corrected chi connectivity index (χ3v) is 2.02. The van der Waals surface area contributed by atoms with Crippen LogP contribution in [0.25, 0.3) is 6.08 Å². The summed E-state index contributed by atoms with van der Waals surface area (Å²) in [6.07, 6.45) is 1.19. The van der Waals surface area contributed by atoms with Gasteiger partial charge in [0.15, 0.2) is 0 Å². The van der Waals surface area contributed by atoms with Crippen LogP contribution in [0.3, 0.4) is 0 Å². The van der Waals surface area contributed by atoms with E-state index in [1.165, 1.54) is 12.1 Å². The number of nitriles is 1. The van der Waals surface area contributed by atoms with Gasteiger partial charge in [-0.3, -0.25) is 0 Å². The number of nitrogens with zero attached hydrogens (tertiary/aromatic N) is 1. The molecule has 2 N–H and O–H groups in total. The van der Waals surface area contributed by atoms with E-state index in [4.69, 9.17) is 11.0 Å². The monoisotopic (exact) mass is 190 g/mol. The predicted molar refractivity (Wildman–Crippen MR) is 55.0 cm³/mol. The highest BCUT2D eigenvalue weighted by Crippen LogP contribution is 2.20. The molecule has 1 rings (SSSR count). The number of rotatable bonds is 1. The highest BCUT2D eigenvalue weighted by atomic mass is 19.1. The second-order valence-electron chi connectivity index (χ2n) is 3.17. The zero-order valence-corrected chi connectivity index (χ0v) is 8.13. The Labute approximate surface area is 82.5 Å². The summed E-state index contributed by atoms with van der Waals surface area (Å²) >= 11 is 0. The normalized spacial score (nSPS) is 11.1. The molecule has 0 fully saturated rings. The Morgan fingerprint density at radius 3 is 2.36 bits per heavy atom. The molecule has 0 amide bonds. The van der Waals surface area contributed by atoms with E-state index in [1.54, 1.807) is 12.1 Å². The van der Waals surface area contributed by atoms with Crippen molar-refractivity contribution in [2.75, 3.05) is 5.73 Å². The van der Waals surface area contributed by atoms with Gasteiger partial charge in [-0.1, -0.05) is 0 Å². The Balaban J connectivity index is 3.21. The minimum absolute atomic E-state index is 0.660. The second kappa shape index (κ2) is 3.93. The van der Waals surface area contributed by atoms with Crippen molar-refractivity contribution in [1.82, 2.24) is 0 Å². The maximum atomic E-state index is 12.7. The number of allylic oxidation sites excluding steroid dienone is 1. The van der Waals surface area contributed by atoms with Gasteiger partial charge in [0.1, 0.15) is 6.07 Å². The van der Waals surface area contributed by atoms with E-state index in [-0.39, 0.29) is 0 Å². The lowest BCUT2D eigenvalue weighted by Crippen LogP contribution is -1.94. The fourth-order valence-corrected chi connectivity index (χ4v) is 1.27. The second-order valence-corrected chi connectivity index (χ2v) is 3.17. The van der Waals surface area contributed by atoms with Crippen LogP contribution in [0.5, 0.6) is 0 Å². The Kier molecular flexibility index (Phi) is 2.88. The maximum absolute atomic E-state index is 12.7. The van der Waals surface area contributed by atoms with Gasteiger partial charge in [0.2, 0.25) is 5.83 Å². The van der Waals surface area contributed by atoms with E-state index in [0.29, 0.717) is 11.3 Å². The molecular formula is C11H11FN2. The van der Waals surface area contributed by atoms with E-state index >= 15 is 0 Å². The van der Waals surface area contributed by atoms with Crippen LogP contribution in [0.2, 0.25) is 0 Å². The summed E-state index contributed by atoms with van der Waals surface area (Å²) in [6.45, 7) is 3.70. The first-order valence-electron chi connectivity index (χ1n) is 4.18. The lowest BCUT2D eigenvalue weighted by molar-refractivity contribution is 0.679. The standard InChI is InChI=1S/C11H11FN2/c1-7-3-9(5-10(12)6-13)4-8(2)11(7)14/h3-5H,14H2,1-2H3. The smallest absolute Gasteiger partial charge is 0.200 e. The average Bonchev–Trinajstić information content (AvgIpc) is 2.14. The van der Waals surface area contributed by atoms with Crippen LogP contribution >= 0.6 is 0 Å². The summed E-state index contributed by atoms with van der Waals surface area (Å²) in [6, 6.07) is 4.93. The molecule has 0 aliphatic carbocycles. The van der Waals surface area contributed by atoms with Gasteiger partial charge >= 0.3 is 0 Å². The van der Waals surface area contributed by atoms with Crippen LogP contribution in [-0.4, -0.2) is 0 Å². The molecule has 3 heteroatoms. The Morgan fingerprint density at radius 1 is 1.43 bits per heavy atom. The number of hydrogen-bond donors (Lipinski definition) is 1. The highest BCUT2D eigenvalue weighted by Gasteiger charge is 2.01. The SMILES string of the molecule is Cc1cc(C=C(F)C#N)cc(C)c1N. The van der Waals surface area contributed by atoms with Crippen molar-refractivity contribution in [3.05, 3.63) is 34.6 Å². The predicted octanol–water partition coefficient (Wildman–Crippen LogP) is 2.72. The lowest BCUT2D eigenvalue weighted by Gasteiger charge is -2.05. The first kappa shape index (κ1) is 10.3. The van der Waals surface area contributed by atoms with Crippen molar-refractivity contribution >= 4 is 11.8 Å². The zero-order chi connectivity index (χ0) is 10.7. The summed E-state index contributed by atoms with van der Waals surface area (Å²) in [5.41, 5.74) is 8.88. The topological polar surface area (TPSA) is 49.8 Å². The minimum atomic E-state index is -0.798. The molecule has 0 unspecified atom stereocenters. The Hall–Kier alpha value is -1.82. The van der Waals surface area contributed by atoms with Crippen molar-refractivity contribution in [3.8, 4) is 6.07 Å². The van der Waals surface area contributed by atoms with Gasteiger partial charge in [-0.25, -0.2) is 0 Å². The summed E-state index contributed by atoms with van der Waals surface area (Å²) in [5.74, 6) is -0.798. The molecule has 1 aromatic rings. The van der Waals surface area contributed by atoms with Crippen LogP contribution in [0, 0.1) is 25.2 Å². The van der Waals surface area contributed by atoms with Gasteiger partial charge in [-0.15, -0.1) is 0 Å². The average molecular weight is 190 g/mol. The van der Waals surface area contributed by atoms with E-state index in [2.05, 4.69) is 0 Å². The fraction of sp³-hybridized carbons (Fsp3) is 0.182. The number of anilines is 1. The van der Waals surface area contributed by atoms with Gasteiger partial charge in [-0.05, 0) is 48.7 Å². The number of halogens is 1. The highest BCUT2D eigenvalue weighted by molar-refractivity contribution is 5.63. The van der Waals surface area contributed by atoms with Crippen molar-refractivity contribution in [2.24, 2.45) is 0 Å². The third-order valence-electron chi connectivity index (χ3n) is 2.02. The van der Waals surface area contributed by atoms with Gasteiger partial charge in [-0.2, -0.15) is 9.65 Å². The minimum Gasteiger partial charge on any atom is -0.398 e. The Morgan fingerprint density at radius 2 is 1.93 bits per heavy atom. The van der Waals surface area contributed by atoms with Crippen LogP contribution in [0.15, 0.2) is 18.0 Å². The molecule has 1 aromatic carbocycles. The first-order chi connectivity index (χ1) is 6.54. The summed E-state index contributed by atoms with van der Waals surface area (Å²) in [7, 11) is 0. The van der Waals surface area contributed by atoms with Crippen molar-refractivity contribution in [2.45, 2.75) is 13.8 Å². The van der Waals surface area contributed by atoms with E-state index < -0.39 is 5.83 Å². The van der Waals surface area contributed by atoms with Crippen LogP contribution in [0.1, 0.15) is 16.7 Å². The number of nitrogen functional groups attached to an aromatic ring is 1. The van der Waals surface area contributed by atoms with Crippen LogP contribution in [0.4, 0.5) is 10.1 Å². The molecule has 0 aliphatic heterocycles. The van der Waals surface area contributed by atoms with Crippen molar-refractivity contribution in [3.63, 3.8) is 0 Å². The first-order valence-corrected chi connectivity index (χ1v) is 4.18. The molecule has 0 atom stereocenters. The lowest BCUT2D eigenvalue weighted by atomic mass is 10.0. The molecule has 0 spiro atoms. The van der Waals surface area contributed by atoms with Crippen LogP contribution in [-0.2, 0) is 0 Å². The summed E-state index contributed by atoms with van der Waals surface area (Å²) in [4.78, 5) is 0. The van der Waals surface area contributed by atoms with E-state index in [0.717, 1.165) is 11.1 Å². The van der Waals surface area contributed by atoms with Gasteiger partial charge in [0, 0.05) is 5.69 Å². The molecule has 0 saturated carbocycles. The molecule has 72 valence electrons. The zero-order valence-electron chi connectivity index (χ0n) is 8.13. The molecule has 0 bridgehead atoms. The maximum Gasteiger partial charge on any atom is 0.200 e. The van der Waals surface area contributed by atoms with Gasteiger partial charge in [0.05, 0.1) is 0 Å². The molecule has 0 saturated heterocycles. The quantitative estimate of drug-likeness (QED) is 0.546. The van der Waals surface area contributed by atoms with E-state index in [1.807, 2.05) is 13.8 Å². The van der Waals surface area contributed by atoms with Gasteiger partial charge in [0.25, 0.3) is 0 Å². The largest absolute Gasteiger partial charge is 0.398 e. The molecular weight excluding hydrogens is 179 g/mol. The molecule has 14 heavy (non-hydrogen) atoms. The number of aryl methyl sites for hydroxylation is 2. The van der Waals surface area contributed by atoms with Crippen LogP contribution < -0.4 is 5.73 Å². The third kappa shape index (κ3) is 2.11. The fourth-order valence-electron chi connectivity index (χ4n) is 1.27. The van der Waals surface area contributed by atoms with Crippen molar-refractivity contribution in [1.29, 1.82) is 5.26 Å². The number of nitrogens with two attached hydrogens (primary N) is 1. The molecule has 0 aromatic heterocycles. The number of hydrogen-bond acceptors (Lipinski definition) is 2. The molecule has 2 nitrogen and oxygen atoms in total. The molecule has 0 aliphatic rings. The van der Waals surface area contributed by atoms with Crippen molar-refractivity contribution < 1.29 is 4.39 Å². The van der Waals surface area contributed by atoms with E-state index in [9.17, 15) is 4.39 Å². The summed E-state index contributed by atoms with van der Waals surface area (Å²) < 4.78 is 12.7. The summed E-state index contributed by atoms with van der Waals surface area (Å²) in [5, 5.41) is 8.27. The number of benzene rings is 1.